The molecule has 2 amide bonds. The topological polar surface area (TPSA) is 50.2 Å². The molecule has 1 fully saturated rings. The second kappa shape index (κ2) is 5.36. The molecule has 0 unspecified atom stereocenters. The summed E-state index contributed by atoms with van der Waals surface area (Å²) in [5.41, 5.74) is 2.78. The van der Waals surface area contributed by atoms with E-state index in [9.17, 15) is 4.79 Å². The minimum absolute atomic E-state index is 0.00909. The lowest BCUT2D eigenvalue weighted by molar-refractivity contribution is 0.222. The van der Waals surface area contributed by atoms with Gasteiger partial charge in [-0.25, -0.2) is 9.48 Å². The van der Waals surface area contributed by atoms with Crippen LogP contribution >= 0.6 is 0 Å². The van der Waals surface area contributed by atoms with Gasteiger partial charge in [0.2, 0.25) is 0 Å². The molecule has 1 aromatic carbocycles. The number of benzene rings is 1. The molecule has 2 aromatic rings. The summed E-state index contributed by atoms with van der Waals surface area (Å²) in [5.74, 6) is 0. The number of rotatable bonds is 2. The number of carbonyl (C=O) groups is 1. The highest BCUT2D eigenvalue weighted by Gasteiger charge is 2.17. The van der Waals surface area contributed by atoms with Crippen LogP contribution in [0.25, 0.3) is 5.69 Å². The Morgan fingerprint density at radius 3 is 2.45 bits per heavy atom. The molecule has 0 bridgehead atoms. The van der Waals surface area contributed by atoms with Crippen LogP contribution in [0, 0.1) is 6.92 Å². The van der Waals surface area contributed by atoms with Crippen molar-refractivity contribution in [2.45, 2.75) is 19.8 Å². The summed E-state index contributed by atoms with van der Waals surface area (Å²) < 4.78 is 1.82. The molecular formula is C15H18N4O. The molecule has 0 atom stereocenters. The third-order valence-corrected chi connectivity index (χ3v) is 3.50. The Labute approximate surface area is 118 Å². The fourth-order valence-corrected chi connectivity index (χ4v) is 2.38. The molecule has 1 aromatic heterocycles. The van der Waals surface area contributed by atoms with Crippen LogP contribution in [0.15, 0.2) is 36.5 Å². The standard InChI is InChI=1S/C15H18N4O/c1-12-8-11-19(17-12)14-6-4-13(5-7-14)16-15(20)18-9-2-3-10-18/h4-8,11H,2-3,9-10H2,1H3,(H,16,20). The van der Waals surface area contributed by atoms with Crippen molar-refractivity contribution in [2.24, 2.45) is 0 Å². The summed E-state index contributed by atoms with van der Waals surface area (Å²) in [4.78, 5) is 13.8. The Kier molecular flexibility index (Phi) is 3.41. The first-order chi connectivity index (χ1) is 9.72. The fourth-order valence-electron chi connectivity index (χ4n) is 2.38. The number of aryl methyl sites for hydroxylation is 1. The van der Waals surface area contributed by atoms with E-state index in [1.165, 1.54) is 0 Å². The average Bonchev–Trinajstić information content (AvgIpc) is 3.10. The van der Waals surface area contributed by atoms with Crippen LogP contribution < -0.4 is 5.32 Å². The number of anilines is 1. The molecule has 20 heavy (non-hydrogen) atoms. The number of nitrogens with one attached hydrogen (secondary N) is 1. The number of nitrogens with zero attached hydrogens (tertiary/aromatic N) is 3. The number of amides is 2. The van der Waals surface area contributed by atoms with Gasteiger partial charge in [-0.05, 0) is 50.1 Å². The summed E-state index contributed by atoms with van der Waals surface area (Å²) in [6.45, 7) is 3.67. The molecule has 0 aliphatic carbocycles. The molecule has 3 rings (SSSR count). The number of hydrogen-bond donors (Lipinski definition) is 1. The molecule has 1 saturated heterocycles. The van der Waals surface area contributed by atoms with Gasteiger partial charge < -0.3 is 10.2 Å². The van der Waals surface area contributed by atoms with Crippen molar-refractivity contribution in [1.82, 2.24) is 14.7 Å². The lowest BCUT2D eigenvalue weighted by Gasteiger charge is -2.16. The van der Waals surface area contributed by atoms with E-state index in [-0.39, 0.29) is 6.03 Å². The van der Waals surface area contributed by atoms with Crippen molar-refractivity contribution in [3.8, 4) is 5.69 Å². The Balaban J connectivity index is 1.68. The largest absolute Gasteiger partial charge is 0.325 e. The van der Waals surface area contributed by atoms with Gasteiger partial charge in [0.1, 0.15) is 0 Å². The van der Waals surface area contributed by atoms with Crippen molar-refractivity contribution in [3.05, 3.63) is 42.2 Å². The minimum Gasteiger partial charge on any atom is -0.325 e. The van der Waals surface area contributed by atoms with Gasteiger partial charge in [0, 0.05) is 25.0 Å². The number of aromatic nitrogens is 2. The summed E-state index contributed by atoms with van der Waals surface area (Å²) in [6, 6.07) is 9.66. The lowest BCUT2D eigenvalue weighted by atomic mass is 10.3. The van der Waals surface area contributed by atoms with E-state index in [2.05, 4.69) is 10.4 Å². The van der Waals surface area contributed by atoms with E-state index in [4.69, 9.17) is 0 Å². The highest BCUT2D eigenvalue weighted by Crippen LogP contribution is 2.15. The van der Waals surface area contributed by atoms with Crippen LogP contribution in [0.2, 0.25) is 0 Å². The minimum atomic E-state index is -0.00909. The third-order valence-electron chi connectivity index (χ3n) is 3.50. The molecule has 5 heteroatoms. The number of urea groups is 1. The van der Waals surface area contributed by atoms with Gasteiger partial charge in [-0.3, -0.25) is 0 Å². The summed E-state index contributed by atoms with van der Waals surface area (Å²) in [6.07, 6.45) is 4.13. The SMILES string of the molecule is Cc1ccn(-c2ccc(NC(=O)N3CCCC3)cc2)n1. The van der Waals surface area contributed by atoms with E-state index in [0.29, 0.717) is 0 Å². The molecular weight excluding hydrogens is 252 g/mol. The van der Waals surface area contributed by atoms with Crippen molar-refractivity contribution in [2.75, 3.05) is 18.4 Å². The second-order valence-corrected chi connectivity index (χ2v) is 5.07. The van der Waals surface area contributed by atoms with Crippen LogP contribution in [-0.4, -0.2) is 33.8 Å². The van der Waals surface area contributed by atoms with Gasteiger partial charge in [-0.2, -0.15) is 5.10 Å². The smallest absolute Gasteiger partial charge is 0.321 e. The maximum atomic E-state index is 12.0. The molecule has 1 aliphatic heterocycles. The van der Waals surface area contributed by atoms with Gasteiger partial charge in [0.25, 0.3) is 0 Å². The van der Waals surface area contributed by atoms with Gasteiger partial charge in [-0.1, -0.05) is 0 Å². The zero-order chi connectivity index (χ0) is 13.9. The maximum Gasteiger partial charge on any atom is 0.321 e. The molecule has 0 saturated carbocycles. The van der Waals surface area contributed by atoms with E-state index >= 15 is 0 Å². The molecule has 104 valence electrons. The van der Waals surface area contributed by atoms with Crippen LogP contribution in [0.3, 0.4) is 0 Å². The van der Waals surface area contributed by atoms with E-state index in [0.717, 1.165) is 43.0 Å². The zero-order valence-electron chi connectivity index (χ0n) is 11.5. The lowest BCUT2D eigenvalue weighted by Crippen LogP contribution is -2.32. The Bertz CT molecular complexity index is 597. The Morgan fingerprint density at radius 2 is 1.85 bits per heavy atom. The summed E-state index contributed by atoms with van der Waals surface area (Å²) in [5, 5.41) is 7.28. The van der Waals surface area contributed by atoms with Gasteiger partial charge >= 0.3 is 6.03 Å². The van der Waals surface area contributed by atoms with Crippen LogP contribution in [0.1, 0.15) is 18.5 Å². The van der Waals surface area contributed by atoms with Gasteiger partial charge in [-0.15, -0.1) is 0 Å². The predicted octanol–water partition coefficient (Wildman–Crippen LogP) is 2.81. The van der Waals surface area contributed by atoms with E-state index < -0.39 is 0 Å². The van der Waals surface area contributed by atoms with E-state index in [1.807, 2.05) is 53.0 Å². The number of carbonyl (C=O) groups excluding carboxylic acids is 1. The number of hydrogen-bond acceptors (Lipinski definition) is 2. The van der Waals surface area contributed by atoms with Crippen LogP contribution in [0.4, 0.5) is 10.5 Å². The maximum absolute atomic E-state index is 12.0. The van der Waals surface area contributed by atoms with Crippen LogP contribution in [0.5, 0.6) is 0 Å². The molecule has 1 N–H and O–H groups in total. The zero-order valence-corrected chi connectivity index (χ0v) is 11.5. The first-order valence-corrected chi connectivity index (χ1v) is 6.91. The van der Waals surface area contributed by atoms with Gasteiger partial charge in [0.05, 0.1) is 11.4 Å². The highest BCUT2D eigenvalue weighted by molar-refractivity contribution is 5.89. The van der Waals surface area contributed by atoms with Crippen molar-refractivity contribution < 1.29 is 4.79 Å². The normalized spacial score (nSPS) is 14.6. The van der Waals surface area contributed by atoms with Crippen LogP contribution in [-0.2, 0) is 0 Å². The Hall–Kier alpha value is -2.30. The first kappa shape index (κ1) is 12.7. The molecule has 0 radical (unpaired) electrons. The first-order valence-electron chi connectivity index (χ1n) is 6.91. The molecule has 0 spiro atoms. The quantitative estimate of drug-likeness (QED) is 0.912. The number of likely N-dealkylation sites (tertiary alicyclic amines) is 1. The van der Waals surface area contributed by atoms with E-state index in [1.54, 1.807) is 0 Å². The average molecular weight is 270 g/mol. The van der Waals surface area contributed by atoms with Gasteiger partial charge in [0.15, 0.2) is 0 Å². The molecule has 5 nitrogen and oxygen atoms in total. The highest BCUT2D eigenvalue weighted by atomic mass is 16.2. The molecule has 1 aliphatic rings. The van der Waals surface area contributed by atoms with Crippen molar-refractivity contribution in [1.29, 1.82) is 0 Å². The Morgan fingerprint density at radius 1 is 1.15 bits per heavy atom. The summed E-state index contributed by atoms with van der Waals surface area (Å²) >= 11 is 0. The van der Waals surface area contributed by atoms with Crippen molar-refractivity contribution in [3.63, 3.8) is 0 Å². The third kappa shape index (κ3) is 2.66. The second-order valence-electron chi connectivity index (χ2n) is 5.07. The predicted molar refractivity (Wildman–Crippen MR) is 78.1 cm³/mol. The van der Waals surface area contributed by atoms with Crippen molar-refractivity contribution >= 4 is 11.7 Å². The summed E-state index contributed by atoms with van der Waals surface area (Å²) in [7, 11) is 0. The fraction of sp³-hybridized carbons (Fsp3) is 0.333. The monoisotopic (exact) mass is 270 g/mol. The molecule has 2 heterocycles.